The molecule has 1 aliphatic rings. The molecule has 1 aliphatic heterocycles. The summed E-state index contributed by atoms with van der Waals surface area (Å²) in [4.78, 5) is 24.0. The molecule has 2 rings (SSSR count). The predicted octanol–water partition coefficient (Wildman–Crippen LogP) is 2.99. The van der Waals surface area contributed by atoms with Crippen molar-refractivity contribution in [2.24, 2.45) is 11.8 Å². The molecule has 138 valence electrons. The number of nitrogens with one attached hydrogen (secondary N) is 3. The number of amides is 2. The molecule has 25 heavy (non-hydrogen) atoms. The van der Waals surface area contributed by atoms with Crippen LogP contribution < -0.4 is 16.0 Å². The van der Waals surface area contributed by atoms with E-state index in [9.17, 15) is 9.59 Å². The maximum Gasteiger partial charge on any atom is 0.251 e. The highest BCUT2D eigenvalue weighted by Crippen LogP contribution is 2.23. The first kappa shape index (κ1) is 21.2. The minimum Gasteiger partial charge on any atom is -0.349 e. The molecule has 2 atom stereocenters. The molecule has 1 aromatic carbocycles. The van der Waals surface area contributed by atoms with Gasteiger partial charge in [-0.15, -0.1) is 19.0 Å². The zero-order valence-electron chi connectivity index (χ0n) is 14.7. The Morgan fingerprint density at radius 2 is 2.08 bits per heavy atom. The number of benzene rings is 1. The zero-order chi connectivity index (χ0) is 17.4. The third-order valence-electron chi connectivity index (χ3n) is 4.48. The van der Waals surface area contributed by atoms with Crippen LogP contribution in [0.5, 0.6) is 0 Å². The Labute approximate surface area is 156 Å². The van der Waals surface area contributed by atoms with Crippen LogP contribution in [0.15, 0.2) is 36.9 Å². The van der Waals surface area contributed by atoms with E-state index in [1.807, 2.05) is 0 Å². The van der Waals surface area contributed by atoms with Crippen LogP contribution in [0.4, 0.5) is 5.69 Å². The summed E-state index contributed by atoms with van der Waals surface area (Å²) < 4.78 is 0. The van der Waals surface area contributed by atoms with Crippen LogP contribution in [0.2, 0.25) is 0 Å². The minimum absolute atomic E-state index is 0. The van der Waals surface area contributed by atoms with Gasteiger partial charge in [-0.3, -0.25) is 9.59 Å². The Kier molecular flexibility index (Phi) is 9.24. The lowest BCUT2D eigenvalue weighted by atomic mass is 9.85. The van der Waals surface area contributed by atoms with Gasteiger partial charge in [0.25, 0.3) is 5.91 Å². The van der Waals surface area contributed by atoms with E-state index in [2.05, 4.69) is 29.5 Å². The summed E-state index contributed by atoms with van der Waals surface area (Å²) in [5.41, 5.74) is 1.28. The monoisotopic (exact) mass is 365 g/mol. The van der Waals surface area contributed by atoms with Gasteiger partial charge in [0, 0.05) is 24.2 Å². The molecular formula is C19H28ClN3O2. The Bertz CT molecular complexity index is 569. The van der Waals surface area contributed by atoms with Crippen molar-refractivity contribution in [2.45, 2.75) is 26.2 Å². The molecule has 2 unspecified atom stereocenters. The van der Waals surface area contributed by atoms with Gasteiger partial charge in [-0.1, -0.05) is 13.0 Å². The first-order chi connectivity index (χ1) is 11.6. The largest absolute Gasteiger partial charge is 0.349 e. The third kappa shape index (κ3) is 6.88. The van der Waals surface area contributed by atoms with Crippen molar-refractivity contribution >= 4 is 29.9 Å². The topological polar surface area (TPSA) is 70.2 Å². The second kappa shape index (κ2) is 10.9. The highest BCUT2D eigenvalue weighted by molar-refractivity contribution is 5.95. The van der Waals surface area contributed by atoms with Gasteiger partial charge in [-0.2, -0.15) is 0 Å². The summed E-state index contributed by atoms with van der Waals surface area (Å²) in [6, 6.07) is 6.94. The van der Waals surface area contributed by atoms with Crippen LogP contribution in [-0.2, 0) is 4.79 Å². The fourth-order valence-corrected chi connectivity index (χ4v) is 3.01. The molecule has 0 spiro atoms. The van der Waals surface area contributed by atoms with Crippen molar-refractivity contribution in [3.63, 3.8) is 0 Å². The average Bonchev–Trinajstić information content (AvgIpc) is 2.61. The van der Waals surface area contributed by atoms with E-state index in [1.54, 1.807) is 30.3 Å². The lowest BCUT2D eigenvalue weighted by Crippen LogP contribution is -2.34. The molecule has 1 fully saturated rings. The second-order valence-electron chi connectivity index (χ2n) is 6.41. The van der Waals surface area contributed by atoms with E-state index in [0.29, 0.717) is 36.1 Å². The van der Waals surface area contributed by atoms with Gasteiger partial charge in [0.2, 0.25) is 5.91 Å². The molecule has 0 aliphatic carbocycles. The summed E-state index contributed by atoms with van der Waals surface area (Å²) in [6.45, 7) is 8.23. The van der Waals surface area contributed by atoms with Gasteiger partial charge in [-0.25, -0.2) is 0 Å². The van der Waals surface area contributed by atoms with E-state index in [0.717, 1.165) is 13.1 Å². The fourth-order valence-electron chi connectivity index (χ4n) is 3.01. The van der Waals surface area contributed by atoms with Crippen LogP contribution in [0.1, 0.15) is 36.5 Å². The van der Waals surface area contributed by atoms with Crippen molar-refractivity contribution in [1.82, 2.24) is 10.6 Å². The Hall–Kier alpha value is -1.85. The molecule has 0 saturated carbocycles. The molecule has 1 heterocycles. The summed E-state index contributed by atoms with van der Waals surface area (Å²) >= 11 is 0. The van der Waals surface area contributed by atoms with Crippen LogP contribution in [0, 0.1) is 11.8 Å². The highest BCUT2D eigenvalue weighted by Gasteiger charge is 2.22. The zero-order valence-corrected chi connectivity index (χ0v) is 15.5. The van der Waals surface area contributed by atoms with Crippen LogP contribution >= 0.6 is 12.4 Å². The number of rotatable bonds is 7. The van der Waals surface area contributed by atoms with Crippen molar-refractivity contribution in [2.75, 3.05) is 25.0 Å². The van der Waals surface area contributed by atoms with Crippen molar-refractivity contribution in [3.05, 3.63) is 42.5 Å². The maximum atomic E-state index is 12.2. The number of hydrogen-bond donors (Lipinski definition) is 3. The number of carbonyl (C=O) groups excluding carboxylic acids is 2. The van der Waals surface area contributed by atoms with Crippen molar-refractivity contribution in [1.29, 1.82) is 0 Å². The summed E-state index contributed by atoms with van der Waals surface area (Å²) in [5.74, 6) is 0.810. The number of halogens is 1. The first-order valence-corrected chi connectivity index (χ1v) is 8.60. The third-order valence-corrected chi connectivity index (χ3v) is 4.48. The molecule has 0 radical (unpaired) electrons. The van der Waals surface area contributed by atoms with Gasteiger partial charge in [0.05, 0.1) is 0 Å². The minimum atomic E-state index is -0.147. The molecular weight excluding hydrogens is 338 g/mol. The number of piperidine rings is 1. The average molecular weight is 366 g/mol. The summed E-state index contributed by atoms with van der Waals surface area (Å²) in [6.07, 6.45) is 4.53. The van der Waals surface area contributed by atoms with E-state index in [1.165, 1.54) is 12.8 Å². The SMILES string of the molecule is C=CCNC(=O)c1ccc(NC(=O)CC(C)C2CCCNC2)cc1.Cl. The smallest absolute Gasteiger partial charge is 0.251 e. The maximum absolute atomic E-state index is 12.2. The van der Waals surface area contributed by atoms with E-state index in [4.69, 9.17) is 0 Å². The van der Waals surface area contributed by atoms with Gasteiger partial charge in [0.15, 0.2) is 0 Å². The van der Waals surface area contributed by atoms with Gasteiger partial charge in [0.1, 0.15) is 0 Å². The predicted molar refractivity (Wildman–Crippen MR) is 104 cm³/mol. The number of carbonyl (C=O) groups is 2. The van der Waals surface area contributed by atoms with E-state index >= 15 is 0 Å². The molecule has 6 heteroatoms. The lowest BCUT2D eigenvalue weighted by Gasteiger charge is -2.28. The Morgan fingerprint density at radius 1 is 1.36 bits per heavy atom. The molecule has 0 aromatic heterocycles. The Balaban J connectivity index is 0.00000312. The molecule has 5 nitrogen and oxygen atoms in total. The summed E-state index contributed by atoms with van der Waals surface area (Å²) in [7, 11) is 0. The van der Waals surface area contributed by atoms with Crippen LogP contribution in [0.25, 0.3) is 0 Å². The fraction of sp³-hybridized carbons (Fsp3) is 0.474. The van der Waals surface area contributed by atoms with Crippen LogP contribution in [0.3, 0.4) is 0 Å². The van der Waals surface area contributed by atoms with E-state index < -0.39 is 0 Å². The summed E-state index contributed by atoms with van der Waals surface area (Å²) in [5, 5.41) is 9.03. The normalized spacial score (nSPS) is 17.7. The van der Waals surface area contributed by atoms with E-state index in [-0.39, 0.29) is 24.2 Å². The molecule has 2 amide bonds. The molecule has 0 bridgehead atoms. The molecule has 1 saturated heterocycles. The lowest BCUT2D eigenvalue weighted by molar-refractivity contribution is -0.117. The standard InChI is InChI=1S/C19H27N3O2.ClH/c1-3-10-21-19(24)15-6-8-17(9-7-15)22-18(23)12-14(2)16-5-4-11-20-13-16;/h3,6-9,14,16,20H,1,4-5,10-13H2,2H3,(H,21,24)(H,22,23);1H. The highest BCUT2D eigenvalue weighted by atomic mass is 35.5. The van der Waals surface area contributed by atoms with Crippen molar-refractivity contribution in [3.8, 4) is 0 Å². The number of anilines is 1. The Morgan fingerprint density at radius 3 is 2.68 bits per heavy atom. The number of hydrogen-bond acceptors (Lipinski definition) is 3. The molecule has 1 aromatic rings. The first-order valence-electron chi connectivity index (χ1n) is 8.60. The quantitative estimate of drug-likeness (QED) is 0.650. The van der Waals surface area contributed by atoms with Crippen molar-refractivity contribution < 1.29 is 9.59 Å². The van der Waals surface area contributed by atoms with Crippen LogP contribution in [-0.4, -0.2) is 31.4 Å². The molecule has 3 N–H and O–H groups in total. The second-order valence-corrected chi connectivity index (χ2v) is 6.41. The van der Waals surface area contributed by atoms with Gasteiger partial charge < -0.3 is 16.0 Å². The van der Waals surface area contributed by atoms with Gasteiger partial charge >= 0.3 is 0 Å². The van der Waals surface area contributed by atoms with Gasteiger partial charge in [-0.05, 0) is 62.0 Å².